The number of hydrogen-bond acceptors (Lipinski definition) is 7. The van der Waals surface area contributed by atoms with Crippen LogP contribution in [0.25, 0.3) is 22.5 Å². The van der Waals surface area contributed by atoms with Crippen LogP contribution in [0.4, 0.5) is 17.3 Å². The Balaban J connectivity index is 0.000000794. The van der Waals surface area contributed by atoms with Crippen LogP contribution in [-0.2, 0) is 26.2 Å². The average molecular weight is 677 g/mol. The van der Waals surface area contributed by atoms with Crippen molar-refractivity contribution in [2.75, 3.05) is 29.1 Å². The first-order valence-electron chi connectivity index (χ1n) is 13.9. The minimum Gasteiger partial charge on any atom is -0.377 e. The molecule has 0 saturated heterocycles. The normalized spacial score (nSPS) is 10.6. The van der Waals surface area contributed by atoms with Crippen LogP contribution in [0.5, 0.6) is 0 Å². The molecule has 0 aliphatic carbocycles. The smallest absolute Gasteiger partial charge is 0.377 e. The van der Waals surface area contributed by atoms with E-state index in [2.05, 4.69) is 42.0 Å². The summed E-state index contributed by atoms with van der Waals surface area (Å²) in [4.78, 5) is 11.2. The number of aryl methyl sites for hydroxylation is 2. The van der Waals surface area contributed by atoms with Crippen molar-refractivity contribution in [1.29, 1.82) is 0 Å². The van der Waals surface area contributed by atoms with E-state index < -0.39 is 5.54 Å². The molecule has 2 aromatic heterocycles. The summed E-state index contributed by atoms with van der Waals surface area (Å²) in [5, 5.41) is 23.1. The van der Waals surface area contributed by atoms with Crippen LogP contribution >= 0.6 is 0 Å². The van der Waals surface area contributed by atoms with Crippen LogP contribution in [-0.4, -0.2) is 45.6 Å². The van der Waals surface area contributed by atoms with Crippen LogP contribution in [0.2, 0.25) is 0 Å². The Labute approximate surface area is 285 Å². The van der Waals surface area contributed by atoms with Crippen molar-refractivity contribution in [3.8, 4) is 22.5 Å². The molecule has 0 atom stereocenters. The predicted octanol–water partition coefficient (Wildman–Crippen LogP) is 9.07. The fraction of sp³-hybridized carbons (Fsp3) is 0.333. The molecule has 2 heterocycles. The van der Waals surface area contributed by atoms with Gasteiger partial charge in [0.05, 0.1) is 22.5 Å². The van der Waals surface area contributed by atoms with Crippen molar-refractivity contribution >= 4 is 17.3 Å². The van der Waals surface area contributed by atoms with E-state index in [1.165, 1.54) is 15.7 Å². The molecule has 0 aliphatic heterocycles. The summed E-state index contributed by atoms with van der Waals surface area (Å²) in [6, 6.07) is 25.9. The number of hydrogen-bond donors (Lipinski definition) is 2. The Morgan fingerprint density at radius 1 is 0.568 bits per heavy atom. The summed E-state index contributed by atoms with van der Waals surface area (Å²) in [7, 11) is 3.97. The van der Waals surface area contributed by atoms with Crippen molar-refractivity contribution in [1.82, 2.24) is 9.97 Å². The third-order valence-electron chi connectivity index (χ3n) is 6.59. The molecule has 0 amide bonds. The molecule has 0 radical (unpaired) electrons. The van der Waals surface area contributed by atoms with E-state index in [9.17, 15) is 10.4 Å². The van der Waals surface area contributed by atoms with Crippen molar-refractivity contribution in [2.45, 2.75) is 66.5 Å². The minimum absolute atomic E-state index is 0. The van der Waals surface area contributed by atoms with Gasteiger partial charge in [0.25, 0.3) is 0 Å². The number of pyridine rings is 2. The first-order valence-corrected chi connectivity index (χ1v) is 13.9. The van der Waals surface area contributed by atoms with Gasteiger partial charge in [-0.2, -0.15) is 0 Å². The Morgan fingerprint density at radius 2 is 1.00 bits per heavy atom. The monoisotopic (exact) mass is 675 g/mol. The Hall–Kier alpha value is -3.06. The Morgan fingerprint density at radius 3 is 1.45 bits per heavy atom. The molecule has 8 heteroatoms. The van der Waals surface area contributed by atoms with Gasteiger partial charge in [-0.05, 0) is 84.7 Å². The van der Waals surface area contributed by atoms with Crippen molar-refractivity contribution < 1.29 is 36.6 Å². The van der Waals surface area contributed by atoms with Crippen LogP contribution in [0.15, 0.2) is 78.9 Å². The summed E-state index contributed by atoms with van der Waals surface area (Å²) >= 11 is 0. The van der Waals surface area contributed by atoms with Gasteiger partial charge >= 0.3 is 26.2 Å². The minimum atomic E-state index is -0.416. The second kappa shape index (κ2) is 16.9. The van der Waals surface area contributed by atoms with E-state index in [4.69, 9.17) is 0 Å². The summed E-state index contributed by atoms with van der Waals surface area (Å²) in [5.74, 6) is 1.12. The van der Waals surface area contributed by atoms with E-state index >= 15 is 0 Å². The van der Waals surface area contributed by atoms with Crippen molar-refractivity contribution in [3.05, 3.63) is 105 Å². The molecule has 44 heavy (non-hydrogen) atoms. The van der Waals surface area contributed by atoms with Gasteiger partial charge in [0.2, 0.25) is 0 Å². The quantitative estimate of drug-likeness (QED) is 0.161. The molecular weight excluding hydrogens is 626 g/mol. The Bertz CT molecular complexity index is 1460. The summed E-state index contributed by atoms with van der Waals surface area (Å²) < 4.78 is 0. The van der Waals surface area contributed by atoms with E-state index in [1.807, 2.05) is 121 Å². The maximum Gasteiger partial charge on any atom is 2.00 e. The zero-order valence-electron chi connectivity index (χ0n) is 28.6. The maximum atomic E-state index is 10.5. The van der Waals surface area contributed by atoms with Gasteiger partial charge in [-0.1, -0.05) is 54.6 Å². The number of rotatable bonds is 5. The van der Waals surface area contributed by atoms with Gasteiger partial charge in [-0.3, -0.25) is 10.4 Å². The van der Waals surface area contributed by atoms with Gasteiger partial charge in [0.1, 0.15) is 0 Å². The SMILES string of the molecule is Cc1ccccc1-c1cc(N(C)C)cc(N(O)C(C)(C)C)n1.Cc1ccccc1-c1cccc(N(O)C(C)(C)C)n1.[CH3-].[CH3-].[Zr+2]. The third kappa shape index (κ3) is 10.5. The van der Waals surface area contributed by atoms with Gasteiger partial charge in [-0.25, -0.2) is 20.1 Å². The average Bonchev–Trinajstić information content (AvgIpc) is 2.92. The molecular formula is C36H51N5O2Zr. The second-order valence-corrected chi connectivity index (χ2v) is 12.4. The molecule has 0 fully saturated rings. The van der Waals surface area contributed by atoms with E-state index in [1.54, 1.807) is 0 Å². The number of benzene rings is 2. The first-order chi connectivity index (χ1) is 19.1. The molecule has 7 nitrogen and oxygen atoms in total. The Kier molecular flexibility index (Phi) is 15.7. The molecule has 236 valence electrons. The predicted molar refractivity (Wildman–Crippen MR) is 184 cm³/mol. The van der Waals surface area contributed by atoms with Crippen LogP contribution in [0.1, 0.15) is 52.7 Å². The maximum absolute atomic E-state index is 10.5. The van der Waals surface area contributed by atoms with E-state index in [0.29, 0.717) is 11.6 Å². The van der Waals surface area contributed by atoms with Crippen LogP contribution in [0.3, 0.4) is 0 Å². The molecule has 0 unspecified atom stereocenters. The van der Waals surface area contributed by atoms with Gasteiger partial charge < -0.3 is 19.8 Å². The number of hydroxylamine groups is 2. The zero-order valence-corrected chi connectivity index (χ0v) is 31.1. The molecule has 0 bridgehead atoms. The van der Waals surface area contributed by atoms with E-state index in [0.717, 1.165) is 33.8 Å². The summed E-state index contributed by atoms with van der Waals surface area (Å²) in [6.07, 6.45) is 0. The van der Waals surface area contributed by atoms with Crippen molar-refractivity contribution in [2.24, 2.45) is 0 Å². The fourth-order valence-electron chi connectivity index (χ4n) is 4.11. The summed E-state index contributed by atoms with van der Waals surface area (Å²) in [6.45, 7) is 15.8. The molecule has 2 aromatic carbocycles. The molecule has 0 aliphatic rings. The fourth-order valence-corrected chi connectivity index (χ4v) is 4.11. The number of anilines is 3. The number of aromatic nitrogens is 2. The molecule has 4 rings (SSSR count). The molecule has 0 spiro atoms. The standard InChI is InChI=1S/C18H25N3O.C16H20N2O.2CH3.Zr/c1-13-9-7-8-10-15(13)16-11-14(20(5)6)12-17(19-16)21(22)18(2,3)4;1-12-8-5-6-9-13(12)14-10-7-11-15(17-14)18(19)16(2,3)4;;;/h7-12,22H,1-6H3;5-11,19H,1-4H3;2*1H3;/q;;2*-1;+2. The summed E-state index contributed by atoms with van der Waals surface area (Å²) in [5.41, 5.74) is 6.46. The molecule has 4 aromatic rings. The van der Waals surface area contributed by atoms with Gasteiger partial charge in [-0.15, -0.1) is 0 Å². The van der Waals surface area contributed by atoms with Gasteiger partial charge in [0.15, 0.2) is 11.6 Å². The van der Waals surface area contributed by atoms with Crippen LogP contribution in [0, 0.1) is 28.7 Å². The van der Waals surface area contributed by atoms with Crippen molar-refractivity contribution in [3.63, 3.8) is 0 Å². The van der Waals surface area contributed by atoms with Gasteiger partial charge in [0, 0.05) is 37.0 Å². The molecule has 2 N–H and O–H groups in total. The zero-order chi connectivity index (χ0) is 30.5. The van der Waals surface area contributed by atoms with E-state index in [-0.39, 0.29) is 46.6 Å². The number of nitrogens with zero attached hydrogens (tertiary/aromatic N) is 5. The molecule has 0 saturated carbocycles. The van der Waals surface area contributed by atoms with Crippen LogP contribution < -0.4 is 15.0 Å². The second-order valence-electron chi connectivity index (χ2n) is 12.4. The third-order valence-corrected chi connectivity index (χ3v) is 6.59. The largest absolute Gasteiger partial charge is 2.00 e. The topological polar surface area (TPSA) is 76.0 Å². The first kappa shape index (κ1) is 40.9.